The Bertz CT molecular complexity index is 770. The van der Waals surface area contributed by atoms with E-state index in [2.05, 4.69) is 31.2 Å². The van der Waals surface area contributed by atoms with Crippen LogP contribution in [0.5, 0.6) is 0 Å². The summed E-state index contributed by atoms with van der Waals surface area (Å²) in [6.07, 6.45) is -0.635. The topological polar surface area (TPSA) is 117 Å². The average molecular weight is 386 g/mol. The van der Waals surface area contributed by atoms with Crippen LogP contribution in [-0.2, 0) is 16.1 Å². The number of carbonyl (C=O) groups is 2. The molecule has 0 aliphatic carbocycles. The van der Waals surface area contributed by atoms with Crippen LogP contribution in [0.2, 0.25) is 0 Å². The van der Waals surface area contributed by atoms with Crippen molar-refractivity contribution in [2.24, 2.45) is 0 Å². The zero-order chi connectivity index (χ0) is 20.2. The third-order valence-electron chi connectivity index (χ3n) is 3.56. The number of benzene rings is 1. The normalized spacial score (nSPS) is 10.1. The zero-order valence-corrected chi connectivity index (χ0v) is 16.1. The molecule has 1 aromatic carbocycles. The van der Waals surface area contributed by atoms with Gasteiger partial charge in [-0.2, -0.15) is 0 Å². The number of nitrogens with zero attached hydrogens (tertiary/aromatic N) is 2. The second kappa shape index (κ2) is 11.4. The Labute approximate surface area is 164 Å². The van der Waals surface area contributed by atoms with E-state index < -0.39 is 6.09 Å². The number of alkyl carbamates (subject to hydrolysis) is 1. The molecular weight excluding hydrogens is 360 g/mol. The van der Waals surface area contributed by atoms with Gasteiger partial charge in [-0.05, 0) is 19.4 Å². The van der Waals surface area contributed by atoms with E-state index in [1.165, 1.54) is 0 Å². The number of rotatable bonds is 10. The first-order valence-corrected chi connectivity index (χ1v) is 9.11. The van der Waals surface area contributed by atoms with Crippen LogP contribution in [0, 0.1) is 6.92 Å². The molecule has 0 atom stereocenters. The minimum Gasteiger partial charge on any atom is -0.445 e. The molecule has 0 saturated heterocycles. The fourth-order valence-corrected chi connectivity index (χ4v) is 2.31. The molecule has 0 spiro atoms. The largest absolute Gasteiger partial charge is 0.445 e. The Morgan fingerprint density at radius 3 is 2.43 bits per heavy atom. The van der Waals surface area contributed by atoms with Crippen LogP contribution >= 0.6 is 0 Å². The van der Waals surface area contributed by atoms with E-state index in [0.717, 1.165) is 17.9 Å². The molecule has 0 aliphatic heterocycles. The Morgan fingerprint density at radius 1 is 1.00 bits per heavy atom. The predicted molar refractivity (Wildman–Crippen MR) is 107 cm³/mol. The van der Waals surface area contributed by atoms with Crippen molar-refractivity contribution in [1.29, 1.82) is 0 Å². The SMILES string of the molecule is CCNc1cc(NCCNC(=O)CNC(=O)OCc2ccccc2)nc(C)n1. The van der Waals surface area contributed by atoms with E-state index in [9.17, 15) is 9.59 Å². The summed E-state index contributed by atoms with van der Waals surface area (Å²) in [5.41, 5.74) is 0.880. The second-order valence-corrected chi connectivity index (χ2v) is 5.91. The van der Waals surface area contributed by atoms with Crippen LogP contribution in [0.15, 0.2) is 36.4 Å². The molecule has 2 aromatic rings. The molecule has 2 amide bonds. The van der Waals surface area contributed by atoms with Gasteiger partial charge >= 0.3 is 6.09 Å². The van der Waals surface area contributed by atoms with Crippen molar-refractivity contribution < 1.29 is 14.3 Å². The average Bonchev–Trinajstić information content (AvgIpc) is 2.69. The molecule has 28 heavy (non-hydrogen) atoms. The van der Waals surface area contributed by atoms with Gasteiger partial charge in [-0.1, -0.05) is 30.3 Å². The van der Waals surface area contributed by atoms with Crippen LogP contribution < -0.4 is 21.3 Å². The van der Waals surface area contributed by atoms with E-state index in [0.29, 0.717) is 24.7 Å². The third kappa shape index (κ3) is 7.90. The molecule has 4 N–H and O–H groups in total. The van der Waals surface area contributed by atoms with Crippen LogP contribution in [0.25, 0.3) is 0 Å². The van der Waals surface area contributed by atoms with Crippen LogP contribution in [-0.4, -0.2) is 48.1 Å². The summed E-state index contributed by atoms with van der Waals surface area (Å²) >= 11 is 0. The lowest BCUT2D eigenvalue weighted by Crippen LogP contribution is -2.38. The Hall–Kier alpha value is -3.36. The van der Waals surface area contributed by atoms with E-state index in [1.54, 1.807) is 0 Å². The second-order valence-electron chi connectivity index (χ2n) is 5.91. The highest BCUT2D eigenvalue weighted by Gasteiger charge is 2.06. The smallest absolute Gasteiger partial charge is 0.407 e. The number of aryl methyl sites for hydroxylation is 1. The highest BCUT2D eigenvalue weighted by Crippen LogP contribution is 2.10. The fraction of sp³-hybridized carbons (Fsp3) is 0.368. The maximum atomic E-state index is 11.8. The minimum absolute atomic E-state index is 0.148. The molecule has 1 aromatic heterocycles. The summed E-state index contributed by atoms with van der Waals surface area (Å²) in [4.78, 5) is 31.9. The first-order valence-electron chi connectivity index (χ1n) is 9.11. The maximum Gasteiger partial charge on any atom is 0.407 e. The molecule has 0 aliphatic rings. The van der Waals surface area contributed by atoms with Crippen LogP contribution in [0.4, 0.5) is 16.4 Å². The molecule has 0 radical (unpaired) electrons. The van der Waals surface area contributed by atoms with Crippen molar-refractivity contribution in [1.82, 2.24) is 20.6 Å². The number of hydrogen-bond donors (Lipinski definition) is 4. The number of hydrogen-bond acceptors (Lipinski definition) is 7. The molecular formula is C19H26N6O3. The minimum atomic E-state index is -0.635. The summed E-state index contributed by atoms with van der Waals surface area (Å²) in [5.74, 6) is 1.79. The van der Waals surface area contributed by atoms with Crippen molar-refractivity contribution in [3.05, 3.63) is 47.8 Å². The molecule has 0 unspecified atom stereocenters. The van der Waals surface area contributed by atoms with Gasteiger partial charge in [0.05, 0.1) is 6.54 Å². The summed E-state index contributed by atoms with van der Waals surface area (Å²) in [7, 11) is 0. The number of carbonyl (C=O) groups excluding carboxylic acids is 2. The molecule has 9 heteroatoms. The summed E-state index contributed by atoms with van der Waals surface area (Å²) in [5, 5.41) is 11.4. The summed E-state index contributed by atoms with van der Waals surface area (Å²) in [6, 6.07) is 11.1. The fourth-order valence-electron chi connectivity index (χ4n) is 2.31. The van der Waals surface area contributed by atoms with Gasteiger partial charge in [-0.3, -0.25) is 4.79 Å². The van der Waals surface area contributed by atoms with Gasteiger partial charge in [0, 0.05) is 25.7 Å². The molecule has 150 valence electrons. The van der Waals surface area contributed by atoms with Gasteiger partial charge in [0.2, 0.25) is 5.91 Å². The lowest BCUT2D eigenvalue weighted by atomic mass is 10.2. The van der Waals surface area contributed by atoms with Crippen molar-refractivity contribution in [3.63, 3.8) is 0 Å². The van der Waals surface area contributed by atoms with E-state index >= 15 is 0 Å². The maximum absolute atomic E-state index is 11.8. The monoisotopic (exact) mass is 386 g/mol. The predicted octanol–water partition coefficient (Wildman–Crippen LogP) is 1.67. The van der Waals surface area contributed by atoms with Gasteiger partial charge in [0.15, 0.2) is 0 Å². The lowest BCUT2D eigenvalue weighted by Gasteiger charge is -2.10. The number of aromatic nitrogens is 2. The number of amides is 2. The highest BCUT2D eigenvalue weighted by atomic mass is 16.5. The van der Waals surface area contributed by atoms with Gasteiger partial charge in [0.25, 0.3) is 0 Å². The zero-order valence-electron chi connectivity index (χ0n) is 16.1. The molecule has 9 nitrogen and oxygen atoms in total. The van der Waals surface area contributed by atoms with Gasteiger partial charge in [-0.15, -0.1) is 0 Å². The van der Waals surface area contributed by atoms with Gasteiger partial charge in [-0.25, -0.2) is 14.8 Å². The van der Waals surface area contributed by atoms with Crippen molar-refractivity contribution >= 4 is 23.6 Å². The van der Waals surface area contributed by atoms with Gasteiger partial charge < -0.3 is 26.0 Å². The van der Waals surface area contributed by atoms with Crippen molar-refractivity contribution in [2.75, 3.05) is 36.8 Å². The standard InChI is InChI=1S/C19H26N6O3/c1-3-20-16-11-17(25-14(2)24-16)21-9-10-22-18(26)12-23-19(27)28-13-15-7-5-4-6-8-15/h4-8,11H,3,9-10,12-13H2,1-2H3,(H,22,26)(H,23,27)(H2,20,21,24,25). The van der Waals surface area contributed by atoms with Crippen LogP contribution in [0.3, 0.4) is 0 Å². The van der Waals surface area contributed by atoms with Gasteiger partial charge in [0.1, 0.15) is 24.1 Å². The van der Waals surface area contributed by atoms with E-state index in [1.807, 2.05) is 50.2 Å². The number of nitrogens with one attached hydrogen (secondary N) is 4. The summed E-state index contributed by atoms with van der Waals surface area (Å²) < 4.78 is 5.04. The molecule has 0 bridgehead atoms. The lowest BCUT2D eigenvalue weighted by molar-refractivity contribution is -0.120. The molecule has 2 rings (SSSR count). The Balaban J connectivity index is 1.60. The highest BCUT2D eigenvalue weighted by molar-refractivity contribution is 5.82. The van der Waals surface area contributed by atoms with Crippen LogP contribution in [0.1, 0.15) is 18.3 Å². The Kier molecular flexibility index (Phi) is 8.51. The van der Waals surface area contributed by atoms with Crippen molar-refractivity contribution in [3.8, 4) is 0 Å². The van der Waals surface area contributed by atoms with E-state index in [4.69, 9.17) is 4.74 Å². The molecule has 0 saturated carbocycles. The van der Waals surface area contributed by atoms with E-state index in [-0.39, 0.29) is 19.1 Å². The number of anilines is 2. The third-order valence-corrected chi connectivity index (χ3v) is 3.56. The van der Waals surface area contributed by atoms with Crippen molar-refractivity contribution in [2.45, 2.75) is 20.5 Å². The first kappa shape index (κ1) is 20.9. The molecule has 0 fully saturated rings. The first-order chi connectivity index (χ1) is 13.6. The Morgan fingerprint density at radius 2 is 1.71 bits per heavy atom. The quantitative estimate of drug-likeness (QED) is 0.459. The summed E-state index contributed by atoms with van der Waals surface area (Å²) in [6.45, 7) is 5.47. The number of ether oxygens (including phenoxy) is 1. The molecule has 1 heterocycles.